The number of nitrogens with one attached hydrogen (secondary N) is 1. The summed E-state index contributed by atoms with van der Waals surface area (Å²) >= 11 is 0. The fraction of sp³-hybridized carbons (Fsp3) is 0.370. The number of nitrogens with zero attached hydrogens (tertiary/aromatic N) is 7. The van der Waals surface area contributed by atoms with Crippen LogP contribution in [0.1, 0.15) is 66.0 Å². The van der Waals surface area contributed by atoms with E-state index >= 15 is 4.39 Å². The second kappa shape index (κ2) is 9.81. The smallest absolute Gasteiger partial charge is 0.310 e. The summed E-state index contributed by atoms with van der Waals surface area (Å²) < 4.78 is 58.9. The van der Waals surface area contributed by atoms with Gasteiger partial charge in [-0.2, -0.15) is 13.2 Å². The molecule has 40 heavy (non-hydrogen) atoms. The highest BCUT2D eigenvalue weighted by atomic mass is 19.4. The number of amides is 1. The Balaban J connectivity index is 1.34. The fourth-order valence-corrected chi connectivity index (χ4v) is 5.07. The first-order chi connectivity index (χ1) is 19.1. The van der Waals surface area contributed by atoms with Crippen LogP contribution in [0.25, 0.3) is 17.2 Å². The van der Waals surface area contributed by atoms with E-state index in [-0.39, 0.29) is 36.4 Å². The van der Waals surface area contributed by atoms with E-state index < -0.39 is 24.4 Å². The Bertz CT molecular complexity index is 1590. The van der Waals surface area contributed by atoms with Gasteiger partial charge >= 0.3 is 6.18 Å². The number of aromatic nitrogens is 6. The number of rotatable bonds is 6. The van der Waals surface area contributed by atoms with E-state index in [1.807, 2.05) is 18.4 Å². The highest BCUT2D eigenvalue weighted by molar-refractivity contribution is 6.04. The third-order valence-electron chi connectivity index (χ3n) is 7.05. The summed E-state index contributed by atoms with van der Waals surface area (Å²) in [5.74, 6) is -0.676. The lowest BCUT2D eigenvalue weighted by molar-refractivity contribution is -0.148. The van der Waals surface area contributed by atoms with E-state index in [2.05, 4.69) is 25.5 Å². The summed E-state index contributed by atoms with van der Waals surface area (Å²) in [4.78, 5) is 23.4. The molecule has 1 fully saturated rings. The van der Waals surface area contributed by atoms with Crippen LogP contribution in [0.2, 0.25) is 0 Å². The lowest BCUT2D eigenvalue weighted by Crippen LogP contribution is -2.33. The summed E-state index contributed by atoms with van der Waals surface area (Å²) in [6.45, 7) is 2.70. The number of alkyl halides is 3. The zero-order chi connectivity index (χ0) is 28.2. The minimum absolute atomic E-state index is 0.0148. The standard InChI is InChI=1S/C27H26F4N8O/c1-15(2)38-14-33-36-25(38)20-4-3-5-23(34-20)35-26(40)18-9-21-17(8-19(18)28)10-37(12-27(29,30)31)11-22-24(16-6-7-16)32-13-39(21)22/h3-5,8-9,13-16H,6-7,10-12H2,1-2H3,(H,34,35,40). The molecule has 0 radical (unpaired) electrons. The third-order valence-corrected chi connectivity index (χ3v) is 7.05. The lowest BCUT2D eigenvalue weighted by Gasteiger charge is -2.22. The van der Waals surface area contributed by atoms with Crippen LogP contribution in [0, 0.1) is 5.82 Å². The van der Waals surface area contributed by atoms with Crippen LogP contribution in [0.3, 0.4) is 0 Å². The number of benzene rings is 1. The van der Waals surface area contributed by atoms with Crippen molar-refractivity contribution in [2.24, 2.45) is 0 Å². The Morgan fingerprint density at radius 2 is 1.95 bits per heavy atom. The van der Waals surface area contributed by atoms with Gasteiger partial charge in [0, 0.05) is 25.0 Å². The zero-order valence-electron chi connectivity index (χ0n) is 21.8. The van der Waals surface area contributed by atoms with E-state index in [1.54, 1.807) is 35.4 Å². The maximum absolute atomic E-state index is 15.3. The van der Waals surface area contributed by atoms with Gasteiger partial charge in [0.1, 0.15) is 23.7 Å². The monoisotopic (exact) mass is 554 g/mol. The molecule has 1 aliphatic carbocycles. The van der Waals surface area contributed by atoms with Crippen LogP contribution < -0.4 is 5.32 Å². The van der Waals surface area contributed by atoms with Gasteiger partial charge in [-0.25, -0.2) is 14.4 Å². The van der Waals surface area contributed by atoms with Crippen molar-refractivity contribution in [1.82, 2.24) is 34.2 Å². The van der Waals surface area contributed by atoms with Gasteiger partial charge in [-0.05, 0) is 56.5 Å². The second-order valence-electron chi connectivity index (χ2n) is 10.5. The largest absolute Gasteiger partial charge is 0.401 e. The molecule has 1 saturated carbocycles. The summed E-state index contributed by atoms with van der Waals surface area (Å²) in [6.07, 6.45) is 0.568. The van der Waals surface area contributed by atoms with Gasteiger partial charge in [-0.15, -0.1) is 10.2 Å². The van der Waals surface area contributed by atoms with Crippen molar-refractivity contribution in [2.45, 2.75) is 57.9 Å². The SMILES string of the molecule is CC(C)n1cnnc1-c1cccc(NC(=O)c2cc3c(cc2F)CN(CC(F)(F)F)Cc2c(C4CC4)ncn2-3)n1. The molecular formula is C27H26F4N8O. The number of imidazole rings is 1. The summed E-state index contributed by atoms with van der Waals surface area (Å²) in [6, 6.07) is 7.58. The zero-order valence-corrected chi connectivity index (χ0v) is 21.8. The van der Waals surface area contributed by atoms with E-state index in [9.17, 15) is 18.0 Å². The van der Waals surface area contributed by atoms with Crippen molar-refractivity contribution in [1.29, 1.82) is 0 Å². The Kier molecular flexibility index (Phi) is 6.40. The predicted octanol–water partition coefficient (Wildman–Crippen LogP) is 5.25. The number of halogens is 4. The molecule has 6 rings (SSSR count). The Morgan fingerprint density at radius 3 is 2.67 bits per heavy atom. The summed E-state index contributed by atoms with van der Waals surface area (Å²) in [5, 5.41) is 10.7. The number of pyridine rings is 1. The van der Waals surface area contributed by atoms with Crippen LogP contribution in [-0.2, 0) is 13.1 Å². The average Bonchev–Trinajstić information content (AvgIpc) is 3.48. The van der Waals surface area contributed by atoms with Gasteiger partial charge in [0.2, 0.25) is 0 Å². The van der Waals surface area contributed by atoms with Gasteiger partial charge in [0.15, 0.2) is 5.82 Å². The maximum Gasteiger partial charge on any atom is 0.401 e. The Hall–Kier alpha value is -4.13. The van der Waals surface area contributed by atoms with Crippen molar-refractivity contribution < 1.29 is 22.4 Å². The number of carbonyl (C=O) groups excluding carboxylic acids is 1. The van der Waals surface area contributed by atoms with Gasteiger partial charge < -0.3 is 14.5 Å². The van der Waals surface area contributed by atoms with Crippen LogP contribution in [0.5, 0.6) is 0 Å². The topological polar surface area (TPSA) is 93.8 Å². The van der Waals surface area contributed by atoms with Crippen molar-refractivity contribution >= 4 is 11.7 Å². The first kappa shape index (κ1) is 26.1. The van der Waals surface area contributed by atoms with Crippen LogP contribution >= 0.6 is 0 Å². The molecular weight excluding hydrogens is 528 g/mol. The molecule has 0 spiro atoms. The molecule has 1 N–H and O–H groups in total. The molecule has 0 saturated heterocycles. The van der Waals surface area contributed by atoms with Crippen molar-refractivity contribution in [3.05, 3.63) is 71.3 Å². The number of fused-ring (bicyclic) bond motifs is 3. The second-order valence-corrected chi connectivity index (χ2v) is 10.5. The normalized spacial score (nSPS) is 15.6. The third kappa shape index (κ3) is 5.08. The average molecular weight is 555 g/mol. The molecule has 4 aromatic rings. The van der Waals surface area contributed by atoms with Crippen molar-refractivity contribution in [2.75, 3.05) is 11.9 Å². The molecule has 1 aliphatic heterocycles. The van der Waals surface area contributed by atoms with Gasteiger partial charge in [0.25, 0.3) is 5.91 Å². The molecule has 9 nitrogen and oxygen atoms in total. The Morgan fingerprint density at radius 1 is 1.15 bits per heavy atom. The molecule has 1 aromatic carbocycles. The number of hydrogen-bond donors (Lipinski definition) is 1. The first-order valence-corrected chi connectivity index (χ1v) is 12.9. The van der Waals surface area contributed by atoms with E-state index in [1.165, 1.54) is 11.0 Å². The van der Waals surface area contributed by atoms with E-state index in [0.717, 1.165) is 24.6 Å². The first-order valence-electron chi connectivity index (χ1n) is 12.9. The molecule has 4 heterocycles. The molecule has 0 unspecified atom stereocenters. The van der Waals surface area contributed by atoms with E-state index in [4.69, 9.17) is 0 Å². The fourth-order valence-electron chi connectivity index (χ4n) is 5.07. The minimum atomic E-state index is -4.42. The lowest BCUT2D eigenvalue weighted by atomic mass is 10.1. The molecule has 2 aliphatic rings. The molecule has 1 amide bonds. The van der Waals surface area contributed by atoms with Crippen LogP contribution in [-0.4, -0.2) is 52.8 Å². The summed E-state index contributed by atoms with van der Waals surface area (Å²) in [7, 11) is 0. The number of carbonyl (C=O) groups is 1. The van der Waals surface area contributed by atoms with E-state index in [0.29, 0.717) is 28.5 Å². The molecule has 0 atom stereocenters. The highest BCUT2D eigenvalue weighted by Crippen LogP contribution is 2.42. The molecule has 3 aromatic heterocycles. The number of hydrogen-bond acceptors (Lipinski definition) is 6. The van der Waals surface area contributed by atoms with Crippen LogP contribution in [0.15, 0.2) is 43.0 Å². The quantitative estimate of drug-likeness (QED) is 0.327. The van der Waals surface area contributed by atoms with Crippen molar-refractivity contribution in [3.8, 4) is 17.2 Å². The highest BCUT2D eigenvalue weighted by Gasteiger charge is 2.36. The van der Waals surface area contributed by atoms with Gasteiger partial charge in [-0.3, -0.25) is 9.69 Å². The van der Waals surface area contributed by atoms with Crippen molar-refractivity contribution in [3.63, 3.8) is 0 Å². The maximum atomic E-state index is 15.3. The predicted molar refractivity (Wildman–Crippen MR) is 137 cm³/mol. The molecule has 208 valence electrons. The number of anilines is 1. The van der Waals surface area contributed by atoms with Crippen LogP contribution in [0.4, 0.5) is 23.4 Å². The van der Waals surface area contributed by atoms with Gasteiger partial charge in [0.05, 0.1) is 35.5 Å². The summed E-state index contributed by atoms with van der Waals surface area (Å²) in [5.41, 5.74) is 2.38. The minimum Gasteiger partial charge on any atom is -0.310 e. The van der Waals surface area contributed by atoms with Gasteiger partial charge in [-0.1, -0.05) is 6.07 Å². The molecule has 0 bridgehead atoms. The molecule has 13 heteroatoms. The Labute approximate surface area is 226 Å².